The summed E-state index contributed by atoms with van der Waals surface area (Å²) in [5.41, 5.74) is 9.86. The molecule has 0 saturated heterocycles. The van der Waals surface area contributed by atoms with Gasteiger partial charge in [-0.25, -0.2) is 4.98 Å². The normalized spacial score (nSPS) is 17.2. The molecule has 120 valence electrons. The lowest BCUT2D eigenvalue weighted by molar-refractivity contribution is 0.0995. The maximum Gasteiger partial charge on any atom is 0.267 e. The molecule has 1 aliphatic rings. The van der Waals surface area contributed by atoms with Gasteiger partial charge < -0.3 is 5.73 Å². The van der Waals surface area contributed by atoms with Gasteiger partial charge in [0.05, 0.1) is 17.3 Å². The molecule has 6 heteroatoms. The maximum atomic E-state index is 11.6. The van der Waals surface area contributed by atoms with Crippen molar-refractivity contribution in [2.45, 2.75) is 13.0 Å². The SMILES string of the molecule is CC1=NC(c2ccccc2-c2ccc3ncc(C(N)=O)n3c2)CS1. The van der Waals surface area contributed by atoms with Crippen molar-refractivity contribution in [2.75, 3.05) is 5.75 Å². The van der Waals surface area contributed by atoms with E-state index in [1.165, 1.54) is 11.8 Å². The number of carbonyl (C=O) groups is 1. The topological polar surface area (TPSA) is 72.8 Å². The number of nitrogens with zero attached hydrogens (tertiary/aromatic N) is 3. The molecule has 0 bridgehead atoms. The van der Waals surface area contributed by atoms with Crippen molar-refractivity contribution in [3.8, 4) is 11.1 Å². The Bertz CT molecular complexity index is 976. The van der Waals surface area contributed by atoms with E-state index >= 15 is 0 Å². The van der Waals surface area contributed by atoms with E-state index in [0.29, 0.717) is 11.3 Å². The van der Waals surface area contributed by atoms with Crippen molar-refractivity contribution < 1.29 is 4.79 Å². The Morgan fingerprint density at radius 1 is 1.29 bits per heavy atom. The summed E-state index contributed by atoms with van der Waals surface area (Å²) in [7, 11) is 0. The second kappa shape index (κ2) is 5.79. The fraction of sp³-hybridized carbons (Fsp3) is 0.167. The van der Waals surface area contributed by atoms with Crippen molar-refractivity contribution in [1.82, 2.24) is 9.38 Å². The fourth-order valence-corrected chi connectivity index (χ4v) is 3.88. The quantitative estimate of drug-likeness (QED) is 0.797. The number of fused-ring (bicyclic) bond motifs is 1. The average Bonchev–Trinajstić information content (AvgIpc) is 3.20. The molecule has 3 heterocycles. The van der Waals surface area contributed by atoms with Gasteiger partial charge in [-0.3, -0.25) is 14.2 Å². The van der Waals surface area contributed by atoms with Gasteiger partial charge in [0.1, 0.15) is 11.3 Å². The Kier molecular flexibility index (Phi) is 3.61. The number of amides is 1. The monoisotopic (exact) mass is 336 g/mol. The maximum absolute atomic E-state index is 11.6. The predicted molar refractivity (Wildman–Crippen MR) is 97.5 cm³/mol. The summed E-state index contributed by atoms with van der Waals surface area (Å²) in [4.78, 5) is 20.5. The number of aromatic nitrogens is 2. The average molecular weight is 336 g/mol. The van der Waals surface area contributed by atoms with E-state index in [1.54, 1.807) is 16.2 Å². The van der Waals surface area contributed by atoms with Crippen LogP contribution in [0, 0.1) is 0 Å². The number of hydrogen-bond acceptors (Lipinski definition) is 4. The predicted octanol–water partition coefficient (Wildman–Crippen LogP) is 3.31. The van der Waals surface area contributed by atoms with Crippen LogP contribution in [-0.4, -0.2) is 26.1 Å². The van der Waals surface area contributed by atoms with E-state index in [2.05, 4.69) is 17.1 Å². The van der Waals surface area contributed by atoms with Crippen LogP contribution in [0.2, 0.25) is 0 Å². The van der Waals surface area contributed by atoms with Gasteiger partial charge in [-0.1, -0.05) is 24.3 Å². The van der Waals surface area contributed by atoms with Gasteiger partial charge >= 0.3 is 0 Å². The molecule has 0 saturated carbocycles. The highest BCUT2D eigenvalue weighted by atomic mass is 32.2. The first kappa shape index (κ1) is 15.0. The molecule has 0 radical (unpaired) electrons. The number of rotatable bonds is 3. The number of carbonyl (C=O) groups excluding carboxylic acids is 1. The molecule has 24 heavy (non-hydrogen) atoms. The number of nitrogens with two attached hydrogens (primary N) is 1. The molecule has 3 aromatic rings. The molecular weight excluding hydrogens is 320 g/mol. The van der Waals surface area contributed by atoms with Crippen LogP contribution in [-0.2, 0) is 0 Å². The van der Waals surface area contributed by atoms with Crippen LogP contribution >= 0.6 is 11.8 Å². The number of benzene rings is 1. The van der Waals surface area contributed by atoms with Gasteiger partial charge in [-0.05, 0) is 35.7 Å². The standard InChI is InChI=1S/C18H16N4OS/c1-11-21-15(10-24-11)14-5-3-2-4-13(14)12-6-7-17-20-8-16(18(19)23)22(17)9-12/h2-9,15H,10H2,1H3,(H2,19,23). The summed E-state index contributed by atoms with van der Waals surface area (Å²) in [6.45, 7) is 2.05. The summed E-state index contributed by atoms with van der Waals surface area (Å²) in [6.07, 6.45) is 3.43. The van der Waals surface area contributed by atoms with Gasteiger partial charge in [0, 0.05) is 11.9 Å². The van der Waals surface area contributed by atoms with Gasteiger partial charge in [0.25, 0.3) is 5.91 Å². The molecule has 1 aromatic carbocycles. The molecule has 0 aliphatic carbocycles. The van der Waals surface area contributed by atoms with Crippen LogP contribution < -0.4 is 5.73 Å². The van der Waals surface area contributed by atoms with Crippen molar-refractivity contribution in [2.24, 2.45) is 10.7 Å². The molecule has 5 nitrogen and oxygen atoms in total. The zero-order valence-electron chi connectivity index (χ0n) is 13.1. The lowest BCUT2D eigenvalue weighted by atomic mass is 9.97. The Labute approximate surface area is 143 Å². The van der Waals surface area contributed by atoms with Crippen LogP contribution in [0.1, 0.15) is 29.0 Å². The summed E-state index contributed by atoms with van der Waals surface area (Å²) < 4.78 is 1.74. The van der Waals surface area contributed by atoms with Gasteiger partial charge in [-0.2, -0.15) is 0 Å². The molecule has 1 atom stereocenters. The number of aliphatic imine (C=N–C) groups is 1. The van der Waals surface area contributed by atoms with E-state index in [4.69, 9.17) is 10.7 Å². The number of imidazole rings is 1. The number of primary amides is 1. The molecule has 1 amide bonds. The van der Waals surface area contributed by atoms with E-state index in [0.717, 1.165) is 21.9 Å². The van der Waals surface area contributed by atoms with E-state index < -0.39 is 5.91 Å². The third-order valence-corrected chi connectivity index (χ3v) is 5.18. The fourth-order valence-electron chi connectivity index (χ4n) is 3.03. The van der Waals surface area contributed by atoms with Gasteiger partial charge in [0.15, 0.2) is 0 Å². The molecule has 2 aromatic heterocycles. The van der Waals surface area contributed by atoms with Gasteiger partial charge in [-0.15, -0.1) is 11.8 Å². The first-order chi connectivity index (χ1) is 11.6. The van der Waals surface area contributed by atoms with Crippen molar-refractivity contribution in [3.05, 3.63) is 60.0 Å². The second-order valence-corrected chi connectivity index (χ2v) is 6.93. The molecule has 0 spiro atoms. The highest BCUT2D eigenvalue weighted by Crippen LogP contribution is 2.36. The van der Waals surface area contributed by atoms with E-state index in [-0.39, 0.29) is 6.04 Å². The van der Waals surface area contributed by atoms with Crippen LogP contribution in [0.25, 0.3) is 16.8 Å². The first-order valence-corrected chi connectivity index (χ1v) is 8.65. The Balaban J connectivity index is 1.86. The minimum absolute atomic E-state index is 0.167. The third kappa shape index (κ3) is 2.49. The molecule has 0 fully saturated rings. The Morgan fingerprint density at radius 3 is 2.88 bits per heavy atom. The van der Waals surface area contributed by atoms with Crippen LogP contribution in [0.5, 0.6) is 0 Å². The number of hydrogen-bond donors (Lipinski definition) is 1. The Morgan fingerprint density at radius 2 is 2.12 bits per heavy atom. The van der Waals surface area contributed by atoms with E-state index in [1.807, 2.05) is 37.4 Å². The van der Waals surface area contributed by atoms with Crippen LogP contribution in [0.3, 0.4) is 0 Å². The minimum atomic E-state index is -0.486. The van der Waals surface area contributed by atoms with E-state index in [9.17, 15) is 4.79 Å². The van der Waals surface area contributed by atoms with Gasteiger partial charge in [0.2, 0.25) is 0 Å². The van der Waals surface area contributed by atoms with Crippen molar-refractivity contribution in [3.63, 3.8) is 0 Å². The molecular formula is C18H16N4OS. The largest absolute Gasteiger partial charge is 0.364 e. The zero-order valence-corrected chi connectivity index (χ0v) is 14.0. The molecule has 1 unspecified atom stereocenters. The summed E-state index contributed by atoms with van der Waals surface area (Å²) >= 11 is 1.79. The lowest BCUT2D eigenvalue weighted by Crippen LogP contribution is -2.13. The first-order valence-electron chi connectivity index (χ1n) is 7.67. The number of pyridine rings is 1. The number of thioether (sulfide) groups is 1. The molecule has 4 rings (SSSR count). The summed E-state index contributed by atoms with van der Waals surface area (Å²) in [5, 5.41) is 1.12. The minimum Gasteiger partial charge on any atom is -0.364 e. The smallest absolute Gasteiger partial charge is 0.267 e. The van der Waals surface area contributed by atoms with Crippen molar-refractivity contribution >= 4 is 28.4 Å². The summed E-state index contributed by atoms with van der Waals surface area (Å²) in [6, 6.07) is 12.4. The second-order valence-electron chi connectivity index (χ2n) is 5.72. The zero-order chi connectivity index (χ0) is 16.7. The van der Waals surface area contributed by atoms with Crippen LogP contribution in [0.15, 0.2) is 53.8 Å². The summed E-state index contributed by atoms with van der Waals surface area (Å²) in [5.74, 6) is 0.475. The molecule has 1 aliphatic heterocycles. The highest BCUT2D eigenvalue weighted by molar-refractivity contribution is 8.14. The molecule has 2 N–H and O–H groups in total. The lowest BCUT2D eigenvalue weighted by Gasteiger charge is -2.14. The third-order valence-electron chi connectivity index (χ3n) is 4.18. The Hall–Kier alpha value is -2.60. The van der Waals surface area contributed by atoms with Crippen molar-refractivity contribution in [1.29, 1.82) is 0 Å². The highest BCUT2D eigenvalue weighted by Gasteiger charge is 2.21. The van der Waals surface area contributed by atoms with Crippen LogP contribution in [0.4, 0.5) is 0 Å².